The smallest absolute Gasteiger partial charge is 0.215 e. The lowest BCUT2D eigenvalue weighted by Gasteiger charge is -2.30. The topological polar surface area (TPSA) is 69.4 Å². The van der Waals surface area contributed by atoms with E-state index in [4.69, 9.17) is 15.2 Å². The summed E-state index contributed by atoms with van der Waals surface area (Å²) < 4.78 is 10.7. The van der Waals surface area contributed by atoms with Crippen LogP contribution in [0.25, 0.3) is 0 Å². The van der Waals surface area contributed by atoms with E-state index < -0.39 is 0 Å². The standard InChI is InChI=1S/C12H19N3O2/c1-8-12(2,6-7-17-8)15-11-9(13)4-5-10(14-11)16-3/h4-5,8H,6-7,13H2,1-3H3,(H,14,15). The normalized spacial score (nSPS) is 28.1. The van der Waals surface area contributed by atoms with Crippen LogP contribution in [0.3, 0.4) is 0 Å². The van der Waals surface area contributed by atoms with Crippen LogP contribution >= 0.6 is 0 Å². The largest absolute Gasteiger partial charge is 0.481 e. The Bertz CT molecular complexity index is 411. The van der Waals surface area contributed by atoms with Gasteiger partial charge >= 0.3 is 0 Å². The second-order valence-electron chi connectivity index (χ2n) is 4.60. The second-order valence-corrected chi connectivity index (χ2v) is 4.60. The molecule has 1 aromatic rings. The highest BCUT2D eigenvalue weighted by atomic mass is 16.5. The van der Waals surface area contributed by atoms with Gasteiger partial charge in [-0.3, -0.25) is 0 Å². The Morgan fingerprint density at radius 1 is 1.59 bits per heavy atom. The van der Waals surface area contributed by atoms with Crippen molar-refractivity contribution in [2.75, 3.05) is 24.8 Å². The molecule has 0 amide bonds. The zero-order valence-electron chi connectivity index (χ0n) is 10.5. The van der Waals surface area contributed by atoms with E-state index in [1.807, 2.05) is 0 Å². The molecular formula is C12H19N3O2. The van der Waals surface area contributed by atoms with E-state index in [-0.39, 0.29) is 11.6 Å². The lowest BCUT2D eigenvalue weighted by atomic mass is 9.94. The lowest BCUT2D eigenvalue weighted by molar-refractivity contribution is 0.105. The van der Waals surface area contributed by atoms with Crippen molar-refractivity contribution in [2.45, 2.75) is 31.9 Å². The number of ether oxygens (including phenoxy) is 2. The number of nitrogens with two attached hydrogens (primary N) is 1. The number of hydrogen-bond acceptors (Lipinski definition) is 5. The van der Waals surface area contributed by atoms with Crippen molar-refractivity contribution in [3.05, 3.63) is 12.1 Å². The summed E-state index contributed by atoms with van der Waals surface area (Å²) in [5, 5.41) is 3.37. The van der Waals surface area contributed by atoms with Gasteiger partial charge in [0, 0.05) is 12.7 Å². The third-order valence-electron chi connectivity index (χ3n) is 3.40. The molecule has 1 fully saturated rings. The Balaban J connectivity index is 2.23. The first-order valence-corrected chi connectivity index (χ1v) is 5.75. The molecule has 2 heterocycles. The van der Waals surface area contributed by atoms with Crippen LogP contribution in [0.5, 0.6) is 5.88 Å². The third kappa shape index (κ3) is 2.29. The molecule has 2 unspecified atom stereocenters. The maximum atomic E-state index is 5.91. The Labute approximate surface area is 101 Å². The van der Waals surface area contributed by atoms with Crippen LogP contribution in [0.4, 0.5) is 11.5 Å². The highest BCUT2D eigenvalue weighted by Gasteiger charge is 2.37. The van der Waals surface area contributed by atoms with E-state index in [9.17, 15) is 0 Å². The van der Waals surface area contributed by atoms with Gasteiger partial charge in [0.1, 0.15) is 0 Å². The molecule has 0 radical (unpaired) electrons. The zero-order chi connectivity index (χ0) is 12.5. The molecule has 94 valence electrons. The summed E-state index contributed by atoms with van der Waals surface area (Å²) in [4.78, 5) is 4.32. The molecule has 5 nitrogen and oxygen atoms in total. The van der Waals surface area contributed by atoms with E-state index in [0.29, 0.717) is 17.4 Å². The first-order valence-electron chi connectivity index (χ1n) is 5.75. The highest BCUT2D eigenvalue weighted by molar-refractivity contribution is 5.63. The van der Waals surface area contributed by atoms with Crippen molar-refractivity contribution < 1.29 is 9.47 Å². The van der Waals surface area contributed by atoms with Crippen molar-refractivity contribution in [3.63, 3.8) is 0 Å². The summed E-state index contributed by atoms with van der Waals surface area (Å²) in [5.74, 6) is 1.21. The average molecular weight is 237 g/mol. The van der Waals surface area contributed by atoms with Gasteiger partial charge in [-0.05, 0) is 26.3 Å². The maximum absolute atomic E-state index is 5.91. The molecule has 2 rings (SSSR count). The number of pyridine rings is 1. The van der Waals surface area contributed by atoms with Crippen LogP contribution in [0.1, 0.15) is 20.3 Å². The molecule has 1 aromatic heterocycles. The summed E-state index contributed by atoms with van der Waals surface area (Å²) in [6, 6.07) is 3.54. The molecule has 0 spiro atoms. The van der Waals surface area contributed by atoms with Gasteiger partial charge in [0.05, 0.1) is 24.4 Å². The van der Waals surface area contributed by atoms with E-state index in [1.165, 1.54) is 0 Å². The number of hydrogen-bond donors (Lipinski definition) is 2. The van der Waals surface area contributed by atoms with E-state index in [0.717, 1.165) is 13.0 Å². The van der Waals surface area contributed by atoms with Gasteiger partial charge in [0.15, 0.2) is 5.82 Å². The summed E-state index contributed by atoms with van der Waals surface area (Å²) in [6.07, 6.45) is 1.07. The molecule has 0 aliphatic carbocycles. The Hall–Kier alpha value is -1.49. The lowest BCUT2D eigenvalue weighted by Crippen LogP contribution is -2.41. The number of nitrogen functional groups attached to an aromatic ring is 1. The number of aromatic nitrogens is 1. The second kappa shape index (κ2) is 4.41. The third-order valence-corrected chi connectivity index (χ3v) is 3.40. The van der Waals surface area contributed by atoms with Gasteiger partial charge in [0.2, 0.25) is 5.88 Å². The van der Waals surface area contributed by atoms with Gasteiger partial charge in [-0.25, -0.2) is 0 Å². The van der Waals surface area contributed by atoms with Gasteiger partial charge in [-0.2, -0.15) is 4.98 Å². The molecule has 0 saturated carbocycles. The van der Waals surface area contributed by atoms with Crippen LogP contribution in [-0.2, 0) is 4.74 Å². The Morgan fingerprint density at radius 2 is 2.35 bits per heavy atom. The molecule has 0 aromatic carbocycles. The minimum Gasteiger partial charge on any atom is -0.481 e. The van der Waals surface area contributed by atoms with Gasteiger partial charge in [-0.1, -0.05) is 0 Å². The van der Waals surface area contributed by atoms with Crippen LogP contribution in [0.2, 0.25) is 0 Å². The van der Waals surface area contributed by atoms with Crippen molar-refractivity contribution in [1.82, 2.24) is 4.98 Å². The van der Waals surface area contributed by atoms with Gasteiger partial charge in [0.25, 0.3) is 0 Å². The molecule has 1 aliphatic heterocycles. The van der Waals surface area contributed by atoms with Crippen LogP contribution in [0.15, 0.2) is 12.1 Å². The molecule has 1 aliphatic rings. The van der Waals surface area contributed by atoms with E-state index in [1.54, 1.807) is 19.2 Å². The monoisotopic (exact) mass is 237 g/mol. The molecular weight excluding hydrogens is 218 g/mol. The summed E-state index contributed by atoms with van der Waals surface area (Å²) in [6.45, 7) is 4.93. The molecule has 3 N–H and O–H groups in total. The first kappa shape index (κ1) is 12.0. The number of nitrogens with zero attached hydrogens (tertiary/aromatic N) is 1. The molecule has 2 atom stereocenters. The minimum absolute atomic E-state index is 0.131. The van der Waals surface area contributed by atoms with E-state index >= 15 is 0 Å². The fourth-order valence-corrected chi connectivity index (χ4v) is 1.94. The quantitative estimate of drug-likeness (QED) is 0.836. The van der Waals surface area contributed by atoms with Gasteiger partial charge in [-0.15, -0.1) is 0 Å². The van der Waals surface area contributed by atoms with Gasteiger partial charge < -0.3 is 20.5 Å². The van der Waals surface area contributed by atoms with Crippen molar-refractivity contribution in [1.29, 1.82) is 0 Å². The molecule has 5 heteroatoms. The van der Waals surface area contributed by atoms with Crippen LogP contribution in [-0.4, -0.2) is 30.3 Å². The summed E-state index contributed by atoms with van der Waals surface area (Å²) in [7, 11) is 1.59. The predicted molar refractivity (Wildman–Crippen MR) is 67.3 cm³/mol. The van der Waals surface area contributed by atoms with Crippen molar-refractivity contribution in [3.8, 4) is 5.88 Å². The Morgan fingerprint density at radius 3 is 2.94 bits per heavy atom. The summed E-state index contributed by atoms with van der Waals surface area (Å²) >= 11 is 0. The molecule has 0 bridgehead atoms. The number of methoxy groups -OCH3 is 1. The SMILES string of the molecule is COc1ccc(N)c(NC2(C)CCOC2C)n1. The van der Waals surface area contributed by atoms with Crippen molar-refractivity contribution in [2.24, 2.45) is 0 Å². The van der Waals surface area contributed by atoms with Crippen LogP contribution < -0.4 is 15.8 Å². The zero-order valence-corrected chi connectivity index (χ0v) is 10.5. The molecule has 17 heavy (non-hydrogen) atoms. The number of anilines is 2. The van der Waals surface area contributed by atoms with Crippen LogP contribution in [0, 0.1) is 0 Å². The molecule has 1 saturated heterocycles. The fourth-order valence-electron chi connectivity index (χ4n) is 1.94. The first-order chi connectivity index (χ1) is 8.05. The van der Waals surface area contributed by atoms with E-state index in [2.05, 4.69) is 24.1 Å². The van der Waals surface area contributed by atoms with Crippen molar-refractivity contribution >= 4 is 11.5 Å². The fraction of sp³-hybridized carbons (Fsp3) is 0.583. The Kier molecular flexibility index (Phi) is 3.11. The average Bonchev–Trinajstić information content (AvgIpc) is 2.62. The highest BCUT2D eigenvalue weighted by Crippen LogP contribution is 2.31. The summed E-state index contributed by atoms with van der Waals surface area (Å²) in [5.41, 5.74) is 6.39. The minimum atomic E-state index is -0.131. The number of rotatable bonds is 3. The predicted octanol–water partition coefficient (Wildman–Crippen LogP) is 1.65. The number of nitrogens with one attached hydrogen (secondary N) is 1. The maximum Gasteiger partial charge on any atom is 0.215 e.